The van der Waals surface area contributed by atoms with Crippen LogP contribution in [-0.4, -0.2) is 24.1 Å². The number of ether oxygens (including phenoxy) is 2. The molecule has 0 spiro atoms. The number of hydrogen-bond acceptors (Lipinski definition) is 3. The zero-order valence-electron chi connectivity index (χ0n) is 17.1. The summed E-state index contributed by atoms with van der Waals surface area (Å²) in [6, 6.07) is 6.93. The van der Waals surface area contributed by atoms with Crippen molar-refractivity contribution < 1.29 is 9.47 Å². The molecular weight excluding hydrogens is 322 g/mol. The van der Waals surface area contributed by atoms with Crippen LogP contribution < -0.4 is 4.74 Å². The highest BCUT2D eigenvalue weighted by Crippen LogP contribution is 2.45. The van der Waals surface area contributed by atoms with E-state index < -0.39 is 5.79 Å². The van der Waals surface area contributed by atoms with E-state index >= 15 is 0 Å². The third kappa shape index (κ3) is 4.31. The standard InChI is InChI=1S/C23H35NO2/c1-6-20(7-2)24-15-19-9-8-10-21(18-13-11-16(3)12-14-18)22(19)26-23(5)17(4)25-23/h8-10,15-18,20H,6-7,11-14H2,1-5H3/t16?,17-,18?,23-/m1/s1. The molecular formula is C23H35NO2. The Balaban J connectivity index is 1.91. The van der Waals surface area contributed by atoms with Gasteiger partial charge in [-0.15, -0.1) is 0 Å². The molecule has 0 N–H and O–H groups in total. The van der Waals surface area contributed by atoms with Crippen molar-refractivity contribution in [3.63, 3.8) is 0 Å². The first-order valence-electron chi connectivity index (χ1n) is 10.5. The summed E-state index contributed by atoms with van der Waals surface area (Å²) in [6.45, 7) is 10.9. The Morgan fingerprint density at radius 3 is 2.42 bits per heavy atom. The molecule has 1 saturated carbocycles. The van der Waals surface area contributed by atoms with E-state index in [2.05, 4.69) is 45.9 Å². The second-order valence-corrected chi connectivity index (χ2v) is 8.35. The minimum atomic E-state index is -0.491. The molecule has 2 aliphatic rings. The van der Waals surface area contributed by atoms with Crippen LogP contribution in [0.5, 0.6) is 5.75 Å². The summed E-state index contributed by atoms with van der Waals surface area (Å²) in [6.07, 6.45) is 9.42. The lowest BCUT2D eigenvalue weighted by Gasteiger charge is -2.29. The van der Waals surface area contributed by atoms with E-state index in [0.717, 1.165) is 30.1 Å². The second kappa shape index (κ2) is 8.12. The van der Waals surface area contributed by atoms with Gasteiger partial charge in [0.15, 0.2) is 0 Å². The van der Waals surface area contributed by atoms with Crippen LogP contribution in [0.15, 0.2) is 23.2 Å². The van der Waals surface area contributed by atoms with Gasteiger partial charge in [0.05, 0.1) is 0 Å². The SMILES string of the molecule is CCC(CC)N=Cc1cccc(C2CCC(C)CC2)c1O[C@@]1(C)O[C@@H]1C. The minimum Gasteiger partial charge on any atom is -0.459 e. The molecule has 3 rings (SSSR count). The van der Waals surface area contributed by atoms with E-state index in [-0.39, 0.29) is 6.10 Å². The van der Waals surface area contributed by atoms with E-state index in [1.165, 1.54) is 31.2 Å². The smallest absolute Gasteiger partial charge is 0.234 e. The van der Waals surface area contributed by atoms with Gasteiger partial charge >= 0.3 is 0 Å². The molecule has 0 unspecified atom stereocenters. The predicted octanol–water partition coefficient (Wildman–Crippen LogP) is 6.10. The molecule has 1 aromatic carbocycles. The number of nitrogens with zero attached hydrogens (tertiary/aromatic N) is 1. The Morgan fingerprint density at radius 2 is 1.85 bits per heavy atom. The lowest BCUT2D eigenvalue weighted by molar-refractivity contribution is 0.0782. The molecule has 1 aliphatic carbocycles. The van der Waals surface area contributed by atoms with Crippen LogP contribution >= 0.6 is 0 Å². The van der Waals surface area contributed by atoms with Gasteiger partial charge in [0.2, 0.25) is 5.79 Å². The minimum absolute atomic E-state index is 0.144. The lowest BCUT2D eigenvalue weighted by atomic mass is 9.79. The summed E-state index contributed by atoms with van der Waals surface area (Å²) in [4.78, 5) is 4.81. The molecule has 3 nitrogen and oxygen atoms in total. The summed E-state index contributed by atoms with van der Waals surface area (Å²) in [7, 11) is 0. The first-order chi connectivity index (χ1) is 12.5. The average Bonchev–Trinajstić information content (AvgIpc) is 3.23. The maximum atomic E-state index is 6.45. The van der Waals surface area contributed by atoms with Gasteiger partial charge < -0.3 is 9.47 Å². The van der Waals surface area contributed by atoms with Gasteiger partial charge in [-0.1, -0.05) is 45.7 Å². The molecule has 3 heteroatoms. The van der Waals surface area contributed by atoms with Crippen molar-refractivity contribution in [3.8, 4) is 5.75 Å². The zero-order valence-corrected chi connectivity index (χ0v) is 17.1. The van der Waals surface area contributed by atoms with Crippen molar-refractivity contribution in [1.29, 1.82) is 0 Å². The van der Waals surface area contributed by atoms with Crippen molar-refractivity contribution in [2.24, 2.45) is 10.9 Å². The van der Waals surface area contributed by atoms with Gasteiger partial charge in [0.1, 0.15) is 11.9 Å². The number of para-hydroxylation sites is 1. The second-order valence-electron chi connectivity index (χ2n) is 8.35. The predicted molar refractivity (Wildman–Crippen MR) is 108 cm³/mol. The quantitative estimate of drug-likeness (QED) is 0.436. The molecule has 144 valence electrons. The maximum Gasteiger partial charge on any atom is 0.234 e. The summed E-state index contributed by atoms with van der Waals surface area (Å²) < 4.78 is 12.2. The van der Waals surface area contributed by atoms with Gasteiger partial charge in [-0.05, 0) is 56.1 Å². The Labute approximate surface area is 159 Å². The maximum absolute atomic E-state index is 6.45. The van der Waals surface area contributed by atoms with Gasteiger partial charge in [0.25, 0.3) is 0 Å². The Kier molecular flexibility index (Phi) is 6.06. The van der Waals surface area contributed by atoms with Crippen molar-refractivity contribution in [3.05, 3.63) is 29.3 Å². The fourth-order valence-corrected chi connectivity index (χ4v) is 4.00. The van der Waals surface area contributed by atoms with E-state index in [4.69, 9.17) is 14.5 Å². The molecule has 2 atom stereocenters. The topological polar surface area (TPSA) is 34.1 Å². The van der Waals surface area contributed by atoms with Crippen LogP contribution in [0.2, 0.25) is 0 Å². The number of hydrogen-bond donors (Lipinski definition) is 0. The fourth-order valence-electron chi connectivity index (χ4n) is 4.00. The third-order valence-electron chi connectivity index (χ3n) is 6.30. The van der Waals surface area contributed by atoms with Crippen molar-refractivity contribution in [1.82, 2.24) is 0 Å². The van der Waals surface area contributed by atoms with E-state index in [1.54, 1.807) is 0 Å². The number of aliphatic imine (C=N–C) groups is 1. The highest BCUT2D eigenvalue weighted by molar-refractivity contribution is 5.84. The first kappa shape index (κ1) is 19.4. The molecule has 26 heavy (non-hydrogen) atoms. The van der Waals surface area contributed by atoms with E-state index in [0.29, 0.717) is 12.0 Å². The highest BCUT2D eigenvalue weighted by Gasteiger charge is 2.52. The fraction of sp³-hybridized carbons (Fsp3) is 0.696. The zero-order chi connectivity index (χ0) is 18.7. The lowest BCUT2D eigenvalue weighted by Crippen LogP contribution is -2.21. The Bertz CT molecular complexity index is 629. The van der Waals surface area contributed by atoms with Crippen molar-refractivity contribution >= 4 is 6.21 Å². The van der Waals surface area contributed by atoms with Gasteiger partial charge in [0, 0.05) is 24.7 Å². The number of epoxide rings is 1. The number of benzene rings is 1. The summed E-state index contributed by atoms with van der Waals surface area (Å²) in [5, 5.41) is 0. The summed E-state index contributed by atoms with van der Waals surface area (Å²) >= 11 is 0. The molecule has 0 amide bonds. The molecule has 0 aromatic heterocycles. The normalized spacial score (nSPS) is 31.5. The number of rotatable bonds is 7. The summed E-state index contributed by atoms with van der Waals surface area (Å²) in [5.41, 5.74) is 2.44. The highest BCUT2D eigenvalue weighted by atomic mass is 16.8. The largest absolute Gasteiger partial charge is 0.459 e. The molecule has 1 aromatic rings. The molecule has 0 bridgehead atoms. The Morgan fingerprint density at radius 1 is 1.19 bits per heavy atom. The monoisotopic (exact) mass is 357 g/mol. The molecule has 1 heterocycles. The van der Waals surface area contributed by atoms with Crippen molar-refractivity contribution in [2.75, 3.05) is 0 Å². The van der Waals surface area contributed by atoms with Crippen molar-refractivity contribution in [2.45, 2.75) is 97.0 Å². The van der Waals surface area contributed by atoms with Crippen LogP contribution in [-0.2, 0) is 4.74 Å². The van der Waals surface area contributed by atoms with Crippen LogP contribution in [0, 0.1) is 5.92 Å². The van der Waals surface area contributed by atoms with Gasteiger partial charge in [-0.25, -0.2) is 0 Å². The molecule has 2 fully saturated rings. The van der Waals surface area contributed by atoms with Crippen LogP contribution in [0.4, 0.5) is 0 Å². The Hall–Kier alpha value is -1.35. The molecule has 1 saturated heterocycles. The van der Waals surface area contributed by atoms with E-state index in [9.17, 15) is 0 Å². The van der Waals surface area contributed by atoms with Crippen LogP contribution in [0.3, 0.4) is 0 Å². The van der Waals surface area contributed by atoms with Gasteiger partial charge in [-0.2, -0.15) is 0 Å². The summed E-state index contributed by atoms with van der Waals surface area (Å²) in [5.74, 6) is 1.93. The van der Waals surface area contributed by atoms with Crippen LogP contribution in [0.25, 0.3) is 0 Å². The van der Waals surface area contributed by atoms with Crippen LogP contribution in [0.1, 0.15) is 90.2 Å². The van der Waals surface area contributed by atoms with E-state index in [1.807, 2.05) is 13.1 Å². The third-order valence-corrected chi connectivity index (χ3v) is 6.30. The first-order valence-corrected chi connectivity index (χ1v) is 10.5. The van der Waals surface area contributed by atoms with Gasteiger partial charge in [-0.3, -0.25) is 4.99 Å². The average molecular weight is 358 g/mol. The molecule has 1 aliphatic heterocycles. The molecule has 0 radical (unpaired) electrons.